The van der Waals surface area contributed by atoms with Gasteiger partial charge in [0.2, 0.25) is 5.91 Å². The molecule has 1 saturated heterocycles. The second-order valence-electron chi connectivity index (χ2n) is 4.48. The lowest BCUT2D eigenvalue weighted by Crippen LogP contribution is -2.47. The lowest BCUT2D eigenvalue weighted by atomic mass is 10.1. The molecule has 0 unspecified atom stereocenters. The molecule has 3 nitrogen and oxygen atoms in total. The summed E-state index contributed by atoms with van der Waals surface area (Å²) in [6.45, 7) is 4.31. The highest BCUT2D eigenvalue weighted by atomic mass is 19.1. The summed E-state index contributed by atoms with van der Waals surface area (Å²) in [4.78, 5) is 14.9. The van der Waals surface area contributed by atoms with Crippen LogP contribution in [0.3, 0.4) is 0 Å². The highest BCUT2D eigenvalue weighted by Gasteiger charge is 2.20. The van der Waals surface area contributed by atoms with Crippen LogP contribution in [-0.4, -0.2) is 41.9 Å². The maximum absolute atomic E-state index is 13.5. The van der Waals surface area contributed by atoms with Crippen LogP contribution < -0.4 is 0 Å². The Morgan fingerprint density at radius 2 is 1.72 bits per heavy atom. The van der Waals surface area contributed by atoms with E-state index in [1.807, 2.05) is 4.90 Å². The number of benzene rings is 1. The van der Waals surface area contributed by atoms with E-state index < -0.39 is 11.6 Å². The van der Waals surface area contributed by atoms with Crippen molar-refractivity contribution in [3.05, 3.63) is 35.4 Å². The van der Waals surface area contributed by atoms with Gasteiger partial charge in [-0.05, 0) is 12.1 Å². The molecular formula is C13H16F2N2O. The smallest absolute Gasteiger partial charge is 0.219 e. The number of piperazine rings is 1. The average molecular weight is 254 g/mol. The largest absolute Gasteiger partial charge is 0.340 e. The van der Waals surface area contributed by atoms with Crippen molar-refractivity contribution < 1.29 is 13.6 Å². The molecule has 0 spiro atoms. The van der Waals surface area contributed by atoms with E-state index in [9.17, 15) is 13.6 Å². The molecule has 0 bridgehead atoms. The van der Waals surface area contributed by atoms with E-state index in [1.165, 1.54) is 25.1 Å². The zero-order valence-corrected chi connectivity index (χ0v) is 10.3. The van der Waals surface area contributed by atoms with Gasteiger partial charge >= 0.3 is 0 Å². The molecule has 2 rings (SSSR count). The SMILES string of the molecule is CC(=O)N1CCN(Cc2c(F)cccc2F)CC1. The summed E-state index contributed by atoms with van der Waals surface area (Å²) in [5.41, 5.74) is 0.105. The Balaban J connectivity index is 1.98. The molecule has 0 N–H and O–H groups in total. The molecule has 18 heavy (non-hydrogen) atoms. The zero-order valence-electron chi connectivity index (χ0n) is 10.3. The van der Waals surface area contributed by atoms with Gasteiger partial charge in [0.25, 0.3) is 0 Å². The van der Waals surface area contributed by atoms with E-state index >= 15 is 0 Å². The fourth-order valence-electron chi connectivity index (χ4n) is 2.13. The first-order chi connectivity index (χ1) is 8.58. The summed E-state index contributed by atoms with van der Waals surface area (Å²) in [5.74, 6) is -0.972. The second kappa shape index (κ2) is 5.44. The molecule has 0 aromatic heterocycles. The minimum Gasteiger partial charge on any atom is -0.340 e. The van der Waals surface area contributed by atoms with Gasteiger partial charge in [0, 0.05) is 45.2 Å². The number of carbonyl (C=O) groups is 1. The summed E-state index contributed by atoms with van der Waals surface area (Å²) in [7, 11) is 0. The molecule has 5 heteroatoms. The van der Waals surface area contributed by atoms with Crippen LogP contribution in [0.25, 0.3) is 0 Å². The van der Waals surface area contributed by atoms with Gasteiger partial charge in [-0.3, -0.25) is 9.69 Å². The lowest BCUT2D eigenvalue weighted by molar-refractivity contribution is -0.130. The van der Waals surface area contributed by atoms with Crippen molar-refractivity contribution >= 4 is 5.91 Å². The molecule has 0 atom stereocenters. The van der Waals surface area contributed by atoms with Gasteiger partial charge in [0.05, 0.1) is 0 Å². The molecule has 1 aliphatic heterocycles. The van der Waals surface area contributed by atoms with Crippen molar-refractivity contribution in [1.82, 2.24) is 9.80 Å². The first-order valence-electron chi connectivity index (χ1n) is 5.98. The van der Waals surface area contributed by atoms with E-state index in [1.54, 1.807) is 4.90 Å². The molecule has 98 valence electrons. The van der Waals surface area contributed by atoms with Gasteiger partial charge in [-0.25, -0.2) is 8.78 Å². The van der Waals surface area contributed by atoms with Gasteiger partial charge in [0.1, 0.15) is 11.6 Å². The van der Waals surface area contributed by atoms with Crippen molar-refractivity contribution in [3.63, 3.8) is 0 Å². The maximum Gasteiger partial charge on any atom is 0.219 e. The van der Waals surface area contributed by atoms with Gasteiger partial charge in [-0.1, -0.05) is 6.07 Å². The lowest BCUT2D eigenvalue weighted by Gasteiger charge is -2.34. The van der Waals surface area contributed by atoms with Crippen LogP contribution in [0.15, 0.2) is 18.2 Å². The molecule has 1 heterocycles. The molecular weight excluding hydrogens is 238 g/mol. The number of nitrogens with zero attached hydrogens (tertiary/aromatic N) is 2. The van der Waals surface area contributed by atoms with E-state index in [4.69, 9.17) is 0 Å². The monoisotopic (exact) mass is 254 g/mol. The number of amides is 1. The van der Waals surface area contributed by atoms with Crippen LogP contribution in [0.5, 0.6) is 0 Å². The first kappa shape index (κ1) is 13.0. The first-order valence-corrected chi connectivity index (χ1v) is 5.98. The molecule has 0 radical (unpaired) electrons. The Hall–Kier alpha value is -1.49. The molecule has 1 fully saturated rings. The van der Waals surface area contributed by atoms with Crippen molar-refractivity contribution in [2.75, 3.05) is 26.2 Å². The maximum atomic E-state index is 13.5. The summed E-state index contributed by atoms with van der Waals surface area (Å²) >= 11 is 0. The summed E-state index contributed by atoms with van der Waals surface area (Å²) in [6, 6.07) is 3.90. The van der Waals surface area contributed by atoms with Crippen LogP contribution in [-0.2, 0) is 11.3 Å². The van der Waals surface area contributed by atoms with Crippen LogP contribution >= 0.6 is 0 Å². The Bertz CT molecular complexity index is 422. The summed E-state index contributed by atoms with van der Waals surface area (Å²) < 4.78 is 27.0. The predicted molar refractivity (Wildman–Crippen MR) is 63.9 cm³/mol. The van der Waals surface area contributed by atoms with Crippen molar-refractivity contribution in [3.8, 4) is 0 Å². The minimum absolute atomic E-state index is 0.0479. The third-order valence-corrected chi connectivity index (χ3v) is 3.26. The van der Waals surface area contributed by atoms with Crippen LogP contribution in [0.1, 0.15) is 12.5 Å². The van der Waals surface area contributed by atoms with E-state index in [2.05, 4.69) is 0 Å². The van der Waals surface area contributed by atoms with Crippen LogP contribution in [0.2, 0.25) is 0 Å². The predicted octanol–water partition coefficient (Wildman–Crippen LogP) is 1.63. The second-order valence-corrected chi connectivity index (χ2v) is 4.48. The fourth-order valence-corrected chi connectivity index (χ4v) is 2.13. The highest BCUT2D eigenvalue weighted by Crippen LogP contribution is 2.15. The molecule has 0 aliphatic carbocycles. The molecule has 0 saturated carbocycles. The molecule has 1 aliphatic rings. The number of carbonyl (C=O) groups excluding carboxylic acids is 1. The molecule has 1 aromatic rings. The molecule has 1 aromatic carbocycles. The third-order valence-electron chi connectivity index (χ3n) is 3.26. The van der Waals surface area contributed by atoms with Crippen LogP contribution in [0.4, 0.5) is 8.78 Å². The zero-order chi connectivity index (χ0) is 13.1. The normalized spacial score (nSPS) is 16.9. The van der Waals surface area contributed by atoms with Crippen molar-refractivity contribution in [2.24, 2.45) is 0 Å². The number of hydrogen-bond acceptors (Lipinski definition) is 2. The number of hydrogen-bond donors (Lipinski definition) is 0. The Labute approximate surface area is 105 Å². The molecule has 1 amide bonds. The van der Waals surface area contributed by atoms with Crippen molar-refractivity contribution in [1.29, 1.82) is 0 Å². The summed E-state index contributed by atoms with van der Waals surface area (Å²) in [6.07, 6.45) is 0. The topological polar surface area (TPSA) is 23.6 Å². The Morgan fingerprint density at radius 1 is 1.17 bits per heavy atom. The van der Waals surface area contributed by atoms with Crippen molar-refractivity contribution in [2.45, 2.75) is 13.5 Å². The summed E-state index contributed by atoms with van der Waals surface area (Å²) in [5, 5.41) is 0. The highest BCUT2D eigenvalue weighted by molar-refractivity contribution is 5.73. The quantitative estimate of drug-likeness (QED) is 0.801. The fraction of sp³-hybridized carbons (Fsp3) is 0.462. The van der Waals surface area contributed by atoms with Gasteiger partial charge in [-0.15, -0.1) is 0 Å². The van der Waals surface area contributed by atoms with E-state index in [0.29, 0.717) is 26.2 Å². The number of halogens is 2. The van der Waals surface area contributed by atoms with Crippen LogP contribution in [0, 0.1) is 11.6 Å². The standard InChI is InChI=1S/C13H16F2N2O/c1-10(18)17-7-5-16(6-8-17)9-11-12(14)3-2-4-13(11)15/h2-4H,5-9H2,1H3. The Kier molecular flexibility index (Phi) is 3.91. The van der Waals surface area contributed by atoms with E-state index in [0.717, 1.165) is 0 Å². The van der Waals surface area contributed by atoms with E-state index in [-0.39, 0.29) is 18.0 Å². The average Bonchev–Trinajstić information content (AvgIpc) is 2.34. The minimum atomic E-state index is -0.510. The third kappa shape index (κ3) is 2.85. The Morgan fingerprint density at radius 3 is 2.22 bits per heavy atom. The van der Waals surface area contributed by atoms with Gasteiger partial charge in [0.15, 0.2) is 0 Å². The van der Waals surface area contributed by atoms with Gasteiger partial charge in [-0.2, -0.15) is 0 Å². The number of rotatable bonds is 2. The van der Waals surface area contributed by atoms with Gasteiger partial charge < -0.3 is 4.90 Å².